The van der Waals surface area contributed by atoms with E-state index in [1.807, 2.05) is 6.07 Å². The maximum atomic E-state index is 11.7. The lowest BCUT2D eigenvalue weighted by molar-refractivity contribution is 0.0941. The van der Waals surface area contributed by atoms with Gasteiger partial charge in [0.05, 0.1) is 0 Å². The molecular weight excluding hydrogens is 230 g/mol. The van der Waals surface area contributed by atoms with Crippen LogP contribution in [0.5, 0.6) is 0 Å². The van der Waals surface area contributed by atoms with Gasteiger partial charge in [-0.2, -0.15) is 5.10 Å². The van der Waals surface area contributed by atoms with Crippen LogP contribution in [0.4, 0.5) is 0 Å². The zero-order valence-electron chi connectivity index (χ0n) is 9.73. The molecule has 2 heterocycles. The van der Waals surface area contributed by atoms with Gasteiger partial charge in [-0.15, -0.1) is 0 Å². The van der Waals surface area contributed by atoms with Crippen molar-refractivity contribution < 1.29 is 4.79 Å². The van der Waals surface area contributed by atoms with Gasteiger partial charge >= 0.3 is 0 Å². The molecule has 1 amide bonds. The Bertz CT molecular complexity index is 564. The largest absolute Gasteiger partial charge is 0.345 e. The summed E-state index contributed by atoms with van der Waals surface area (Å²) < 4.78 is 0. The van der Waals surface area contributed by atoms with Crippen LogP contribution in [-0.2, 0) is 19.6 Å². The van der Waals surface area contributed by atoms with Crippen LogP contribution in [0.2, 0.25) is 0 Å². The Morgan fingerprint density at radius 3 is 3.06 bits per heavy atom. The van der Waals surface area contributed by atoms with Gasteiger partial charge in [-0.1, -0.05) is 18.2 Å². The molecule has 3 N–H and O–H groups in total. The number of nitrogens with zero attached hydrogens (tertiary/aromatic N) is 2. The van der Waals surface area contributed by atoms with Crippen molar-refractivity contribution in [2.75, 3.05) is 0 Å². The van der Waals surface area contributed by atoms with E-state index in [2.05, 4.69) is 37.9 Å². The van der Waals surface area contributed by atoms with Crippen LogP contribution in [0.1, 0.15) is 27.3 Å². The maximum Gasteiger partial charge on any atom is 0.288 e. The first kappa shape index (κ1) is 10.9. The molecule has 1 aliphatic rings. The minimum atomic E-state index is -0.244. The monoisotopic (exact) mass is 243 g/mol. The number of hydrogen-bond donors (Lipinski definition) is 3. The quantitative estimate of drug-likeness (QED) is 0.726. The summed E-state index contributed by atoms with van der Waals surface area (Å²) in [7, 11) is 0. The normalized spacial score (nSPS) is 13.3. The van der Waals surface area contributed by atoms with E-state index in [0.29, 0.717) is 6.54 Å². The number of amides is 1. The highest BCUT2D eigenvalue weighted by atomic mass is 16.2. The van der Waals surface area contributed by atoms with Crippen LogP contribution in [0.3, 0.4) is 0 Å². The van der Waals surface area contributed by atoms with Crippen LogP contribution >= 0.6 is 0 Å². The van der Waals surface area contributed by atoms with Gasteiger partial charge in [0.1, 0.15) is 6.33 Å². The Morgan fingerprint density at radius 2 is 2.22 bits per heavy atom. The van der Waals surface area contributed by atoms with Gasteiger partial charge in [-0.05, 0) is 16.7 Å². The van der Waals surface area contributed by atoms with Crippen molar-refractivity contribution in [1.29, 1.82) is 0 Å². The molecule has 1 aromatic heterocycles. The second kappa shape index (κ2) is 4.58. The van der Waals surface area contributed by atoms with Crippen LogP contribution < -0.4 is 10.6 Å². The van der Waals surface area contributed by atoms with Crippen molar-refractivity contribution in [1.82, 2.24) is 25.8 Å². The summed E-state index contributed by atoms with van der Waals surface area (Å²) in [6.45, 7) is 2.33. The summed E-state index contributed by atoms with van der Waals surface area (Å²) in [5.41, 5.74) is 3.73. The lowest BCUT2D eigenvalue weighted by Gasteiger charge is -2.05. The molecule has 0 atom stereocenters. The van der Waals surface area contributed by atoms with Gasteiger partial charge in [0.15, 0.2) is 0 Å². The fraction of sp³-hybridized carbons (Fsp3) is 0.250. The third-order valence-corrected chi connectivity index (χ3v) is 2.98. The van der Waals surface area contributed by atoms with E-state index in [9.17, 15) is 4.79 Å². The highest BCUT2D eigenvalue weighted by Gasteiger charge is 2.11. The van der Waals surface area contributed by atoms with Crippen molar-refractivity contribution in [2.24, 2.45) is 0 Å². The van der Waals surface area contributed by atoms with Crippen molar-refractivity contribution in [3.05, 3.63) is 47.0 Å². The zero-order chi connectivity index (χ0) is 12.4. The van der Waals surface area contributed by atoms with Crippen LogP contribution in [0.25, 0.3) is 0 Å². The number of hydrogen-bond acceptors (Lipinski definition) is 4. The molecule has 0 radical (unpaired) electrons. The van der Waals surface area contributed by atoms with E-state index < -0.39 is 0 Å². The van der Waals surface area contributed by atoms with Crippen molar-refractivity contribution in [3.8, 4) is 0 Å². The van der Waals surface area contributed by atoms with E-state index in [1.165, 1.54) is 17.5 Å². The topological polar surface area (TPSA) is 82.7 Å². The molecular formula is C12H13N5O. The lowest BCUT2D eigenvalue weighted by atomic mass is 10.1. The first-order valence-corrected chi connectivity index (χ1v) is 5.78. The number of carbonyl (C=O) groups is 1. The fourth-order valence-electron chi connectivity index (χ4n) is 2.04. The minimum Gasteiger partial charge on any atom is -0.345 e. The lowest BCUT2D eigenvalue weighted by Crippen LogP contribution is -2.24. The van der Waals surface area contributed by atoms with E-state index in [0.717, 1.165) is 18.7 Å². The van der Waals surface area contributed by atoms with E-state index in [-0.39, 0.29) is 11.7 Å². The van der Waals surface area contributed by atoms with E-state index >= 15 is 0 Å². The average molecular weight is 243 g/mol. The van der Waals surface area contributed by atoms with Crippen molar-refractivity contribution >= 4 is 5.91 Å². The van der Waals surface area contributed by atoms with E-state index in [4.69, 9.17) is 0 Å². The van der Waals surface area contributed by atoms with Gasteiger partial charge in [-0.3, -0.25) is 9.89 Å². The summed E-state index contributed by atoms with van der Waals surface area (Å²) in [5.74, 6) is -0.0102. The SMILES string of the molecule is O=C(NCc1ccc2c(c1)CNC2)c1ncn[nH]1. The molecule has 0 saturated heterocycles. The number of H-pyrrole nitrogens is 1. The summed E-state index contributed by atoms with van der Waals surface area (Å²) in [6.07, 6.45) is 1.32. The Hall–Kier alpha value is -2.21. The Morgan fingerprint density at radius 1 is 1.33 bits per heavy atom. The predicted octanol–water partition coefficient (Wildman–Crippen LogP) is 0.338. The first-order chi connectivity index (χ1) is 8.83. The van der Waals surface area contributed by atoms with Gasteiger partial charge in [-0.25, -0.2) is 4.98 Å². The van der Waals surface area contributed by atoms with Gasteiger partial charge in [0.2, 0.25) is 5.82 Å². The molecule has 3 rings (SSSR count). The second-order valence-electron chi connectivity index (χ2n) is 4.22. The molecule has 0 spiro atoms. The number of aromatic amines is 1. The highest BCUT2D eigenvalue weighted by molar-refractivity contribution is 5.90. The summed E-state index contributed by atoms with van der Waals surface area (Å²) >= 11 is 0. The molecule has 1 aliphatic heterocycles. The molecule has 0 saturated carbocycles. The number of fused-ring (bicyclic) bond motifs is 1. The molecule has 1 aromatic carbocycles. The summed E-state index contributed by atoms with van der Waals surface area (Å²) in [5, 5.41) is 12.3. The van der Waals surface area contributed by atoms with Crippen LogP contribution in [-0.4, -0.2) is 21.1 Å². The number of carbonyl (C=O) groups excluding carboxylic acids is 1. The number of nitrogens with one attached hydrogen (secondary N) is 3. The Balaban J connectivity index is 1.65. The zero-order valence-corrected chi connectivity index (χ0v) is 9.73. The second-order valence-corrected chi connectivity index (χ2v) is 4.22. The maximum absolute atomic E-state index is 11.7. The fourth-order valence-corrected chi connectivity index (χ4v) is 2.04. The molecule has 6 nitrogen and oxygen atoms in total. The molecule has 0 unspecified atom stereocenters. The molecule has 0 aliphatic carbocycles. The molecule has 0 fully saturated rings. The predicted molar refractivity (Wildman–Crippen MR) is 64.5 cm³/mol. The summed E-state index contributed by atoms with van der Waals surface area (Å²) in [4.78, 5) is 15.5. The third-order valence-electron chi connectivity index (χ3n) is 2.98. The Labute approximate surface area is 104 Å². The highest BCUT2D eigenvalue weighted by Crippen LogP contribution is 2.16. The minimum absolute atomic E-state index is 0.234. The number of benzene rings is 1. The first-order valence-electron chi connectivity index (χ1n) is 5.78. The smallest absolute Gasteiger partial charge is 0.288 e. The molecule has 18 heavy (non-hydrogen) atoms. The summed E-state index contributed by atoms with van der Waals surface area (Å²) in [6, 6.07) is 6.26. The van der Waals surface area contributed by atoms with Crippen molar-refractivity contribution in [2.45, 2.75) is 19.6 Å². The van der Waals surface area contributed by atoms with E-state index in [1.54, 1.807) is 0 Å². The van der Waals surface area contributed by atoms with Crippen LogP contribution in [0, 0.1) is 0 Å². The third kappa shape index (κ3) is 2.10. The molecule has 92 valence electrons. The van der Waals surface area contributed by atoms with Gasteiger partial charge in [0.25, 0.3) is 5.91 Å². The number of rotatable bonds is 3. The number of aromatic nitrogens is 3. The molecule has 2 aromatic rings. The van der Waals surface area contributed by atoms with Crippen LogP contribution in [0.15, 0.2) is 24.5 Å². The van der Waals surface area contributed by atoms with Gasteiger partial charge < -0.3 is 10.6 Å². The standard InChI is InChI=1S/C12H13N5O/c18-12(11-15-7-16-17-11)14-4-8-1-2-9-5-13-6-10(9)3-8/h1-3,7,13H,4-6H2,(H,14,18)(H,15,16,17). The van der Waals surface area contributed by atoms with Gasteiger partial charge in [0, 0.05) is 19.6 Å². The molecule has 6 heteroatoms. The molecule has 0 bridgehead atoms. The average Bonchev–Trinajstić information content (AvgIpc) is 3.05. The van der Waals surface area contributed by atoms with Crippen molar-refractivity contribution in [3.63, 3.8) is 0 Å². The Kier molecular flexibility index (Phi) is 2.77.